The number of esters is 1. The third kappa shape index (κ3) is 3.37. The van der Waals surface area contributed by atoms with Gasteiger partial charge in [0.2, 0.25) is 0 Å². The summed E-state index contributed by atoms with van der Waals surface area (Å²) in [6, 6.07) is 17.8. The topological polar surface area (TPSA) is 44.8 Å². The monoisotopic (exact) mass is 372 g/mol. The highest BCUT2D eigenvalue weighted by Gasteiger charge is 2.22. The average Bonchev–Trinajstić information content (AvgIpc) is 3.08. The zero-order chi connectivity index (χ0) is 19.7. The summed E-state index contributed by atoms with van der Waals surface area (Å²) in [5.74, 6) is 1.49. The Balaban J connectivity index is 1.70. The summed E-state index contributed by atoms with van der Waals surface area (Å²) in [5.41, 5.74) is 3.34. The summed E-state index contributed by atoms with van der Waals surface area (Å²) in [5, 5.41) is 2.27. The number of carbonyl (C=O) groups is 1. The van der Waals surface area contributed by atoms with E-state index < -0.39 is 0 Å². The Morgan fingerprint density at radius 2 is 1.68 bits per heavy atom. The smallest absolute Gasteiger partial charge is 0.343 e. The van der Waals surface area contributed by atoms with Crippen molar-refractivity contribution in [2.24, 2.45) is 0 Å². The van der Waals surface area contributed by atoms with Crippen LogP contribution in [-0.4, -0.2) is 20.2 Å². The molecule has 0 aromatic heterocycles. The summed E-state index contributed by atoms with van der Waals surface area (Å²) >= 11 is 0. The predicted octanol–water partition coefficient (Wildman–Crippen LogP) is 5.15. The van der Waals surface area contributed by atoms with Gasteiger partial charge in [0.05, 0.1) is 19.8 Å². The fourth-order valence-electron chi connectivity index (χ4n) is 3.25. The Morgan fingerprint density at radius 1 is 0.893 bits per heavy atom. The summed E-state index contributed by atoms with van der Waals surface area (Å²) in [7, 11) is 3.18. The number of hydrogen-bond acceptors (Lipinski definition) is 4. The lowest BCUT2D eigenvalue weighted by Gasteiger charge is -2.07. The van der Waals surface area contributed by atoms with Crippen LogP contribution in [0.4, 0.5) is 0 Å². The van der Waals surface area contributed by atoms with Crippen LogP contribution in [0.1, 0.15) is 16.7 Å². The van der Waals surface area contributed by atoms with Gasteiger partial charge in [-0.3, -0.25) is 0 Å². The van der Waals surface area contributed by atoms with E-state index in [1.54, 1.807) is 32.4 Å². The number of methoxy groups -OCH3 is 2. The second-order valence-corrected chi connectivity index (χ2v) is 6.67. The van der Waals surface area contributed by atoms with Crippen LogP contribution in [0.15, 0.2) is 66.2 Å². The first-order valence-electron chi connectivity index (χ1n) is 8.96. The predicted molar refractivity (Wildman–Crippen MR) is 110 cm³/mol. The number of aryl methyl sites for hydroxylation is 1. The van der Waals surface area contributed by atoms with Crippen molar-refractivity contribution in [1.82, 2.24) is 0 Å². The van der Waals surface area contributed by atoms with E-state index in [1.165, 1.54) is 5.56 Å². The molecular weight excluding hydrogens is 352 g/mol. The van der Waals surface area contributed by atoms with Crippen LogP contribution in [0.5, 0.6) is 11.5 Å². The highest BCUT2D eigenvalue weighted by Crippen LogP contribution is 2.32. The number of rotatable bonds is 4. The first-order chi connectivity index (χ1) is 13.6. The first kappa shape index (κ1) is 17.9. The number of benzene rings is 3. The van der Waals surface area contributed by atoms with E-state index >= 15 is 0 Å². The molecule has 3 aromatic carbocycles. The largest absolute Gasteiger partial charge is 0.497 e. The molecule has 28 heavy (non-hydrogen) atoms. The Bertz CT molecular complexity index is 1140. The number of carbonyl (C=O) groups excluding carboxylic acids is 1. The van der Waals surface area contributed by atoms with Gasteiger partial charge in [-0.25, -0.2) is 4.79 Å². The second kappa shape index (κ2) is 7.24. The van der Waals surface area contributed by atoms with Crippen LogP contribution in [-0.2, 0) is 9.53 Å². The van der Waals surface area contributed by atoms with Crippen molar-refractivity contribution >= 4 is 28.6 Å². The number of ether oxygens (including phenoxy) is 3. The Hall–Kier alpha value is -3.53. The zero-order valence-corrected chi connectivity index (χ0v) is 16.0. The average molecular weight is 372 g/mol. The number of hydrogen-bond donors (Lipinski definition) is 0. The van der Waals surface area contributed by atoms with Crippen LogP contribution in [0.3, 0.4) is 0 Å². The molecule has 1 aliphatic rings. The van der Waals surface area contributed by atoms with E-state index in [9.17, 15) is 4.79 Å². The molecule has 1 aliphatic heterocycles. The molecule has 4 heteroatoms. The molecule has 1 heterocycles. The maximum Gasteiger partial charge on any atom is 0.343 e. The zero-order valence-electron chi connectivity index (χ0n) is 16.0. The molecule has 3 aromatic rings. The fourth-order valence-corrected chi connectivity index (χ4v) is 3.25. The maximum atomic E-state index is 12.4. The molecular formula is C24H20O4. The van der Waals surface area contributed by atoms with E-state index in [0.29, 0.717) is 22.8 Å². The normalized spacial score (nSPS) is 14.9. The van der Waals surface area contributed by atoms with Crippen molar-refractivity contribution < 1.29 is 19.0 Å². The van der Waals surface area contributed by atoms with Crippen molar-refractivity contribution in [2.75, 3.05) is 14.2 Å². The molecule has 4 nitrogen and oxygen atoms in total. The molecule has 0 bridgehead atoms. The van der Waals surface area contributed by atoms with Crippen molar-refractivity contribution in [3.63, 3.8) is 0 Å². The highest BCUT2D eigenvalue weighted by molar-refractivity contribution is 6.05. The van der Waals surface area contributed by atoms with Crippen LogP contribution in [0.25, 0.3) is 22.6 Å². The van der Waals surface area contributed by atoms with E-state index in [-0.39, 0.29) is 5.97 Å². The van der Waals surface area contributed by atoms with Crippen LogP contribution in [0.2, 0.25) is 0 Å². The van der Waals surface area contributed by atoms with Crippen molar-refractivity contribution in [2.45, 2.75) is 6.92 Å². The van der Waals surface area contributed by atoms with Gasteiger partial charge in [-0.1, -0.05) is 35.9 Å². The van der Waals surface area contributed by atoms with Crippen molar-refractivity contribution in [1.29, 1.82) is 0 Å². The Kier molecular flexibility index (Phi) is 4.62. The van der Waals surface area contributed by atoms with Gasteiger partial charge in [0.25, 0.3) is 0 Å². The summed E-state index contributed by atoms with van der Waals surface area (Å²) in [4.78, 5) is 12.4. The standard InChI is InChI=1S/C24H20O4/c1-15-4-5-17-11-19(7-6-16(17)10-15)23-13-20(24(25)28-23)12-18-8-9-21(26-2)14-22(18)27-3/h4-14H,1-3H3/b20-12+. The first-order valence-corrected chi connectivity index (χ1v) is 8.96. The van der Waals surface area contributed by atoms with Crippen LogP contribution >= 0.6 is 0 Å². The third-order valence-electron chi connectivity index (χ3n) is 4.76. The SMILES string of the molecule is COc1ccc(/C=C2\C=C(c3ccc4cc(C)ccc4c3)OC2=O)c(OC)c1. The van der Waals surface area contributed by atoms with Crippen LogP contribution in [0, 0.1) is 6.92 Å². The second-order valence-electron chi connectivity index (χ2n) is 6.67. The van der Waals surface area contributed by atoms with Gasteiger partial charge in [-0.2, -0.15) is 0 Å². The lowest BCUT2D eigenvalue weighted by molar-refractivity contribution is -0.130. The van der Waals surface area contributed by atoms with E-state index in [4.69, 9.17) is 14.2 Å². The maximum absolute atomic E-state index is 12.4. The van der Waals surface area contributed by atoms with Gasteiger partial charge < -0.3 is 14.2 Å². The minimum Gasteiger partial charge on any atom is -0.497 e. The quantitative estimate of drug-likeness (QED) is 0.469. The molecule has 0 radical (unpaired) electrons. The molecule has 0 amide bonds. The molecule has 0 fully saturated rings. The summed E-state index contributed by atoms with van der Waals surface area (Å²) in [6.45, 7) is 2.07. The minimum atomic E-state index is -0.378. The fraction of sp³-hybridized carbons (Fsp3) is 0.125. The minimum absolute atomic E-state index is 0.378. The van der Waals surface area contributed by atoms with Gasteiger partial charge in [0, 0.05) is 17.2 Å². The molecule has 0 unspecified atom stereocenters. The summed E-state index contributed by atoms with van der Waals surface area (Å²) < 4.78 is 16.1. The van der Waals surface area contributed by atoms with Gasteiger partial charge in [0.15, 0.2) is 0 Å². The highest BCUT2D eigenvalue weighted by atomic mass is 16.5. The van der Waals surface area contributed by atoms with Gasteiger partial charge in [-0.05, 0) is 48.0 Å². The third-order valence-corrected chi connectivity index (χ3v) is 4.76. The number of fused-ring (bicyclic) bond motifs is 1. The molecule has 0 saturated heterocycles. The lowest BCUT2D eigenvalue weighted by Crippen LogP contribution is -1.98. The van der Waals surface area contributed by atoms with Crippen molar-refractivity contribution in [3.05, 3.63) is 82.9 Å². The number of cyclic esters (lactones) is 1. The Labute approximate surface area is 163 Å². The van der Waals surface area contributed by atoms with E-state index in [2.05, 4.69) is 25.1 Å². The van der Waals surface area contributed by atoms with Crippen molar-refractivity contribution in [3.8, 4) is 11.5 Å². The van der Waals surface area contributed by atoms with Crippen LogP contribution < -0.4 is 9.47 Å². The lowest BCUT2D eigenvalue weighted by atomic mass is 10.0. The molecule has 0 aliphatic carbocycles. The molecule has 0 atom stereocenters. The van der Waals surface area contributed by atoms with Gasteiger partial charge in [0.1, 0.15) is 17.3 Å². The van der Waals surface area contributed by atoms with Gasteiger partial charge in [-0.15, -0.1) is 0 Å². The van der Waals surface area contributed by atoms with E-state index in [1.807, 2.05) is 30.3 Å². The van der Waals surface area contributed by atoms with E-state index in [0.717, 1.165) is 21.9 Å². The molecule has 140 valence electrons. The molecule has 0 saturated carbocycles. The van der Waals surface area contributed by atoms with Gasteiger partial charge >= 0.3 is 5.97 Å². The Morgan fingerprint density at radius 3 is 2.46 bits per heavy atom. The summed E-state index contributed by atoms with van der Waals surface area (Å²) in [6.07, 6.45) is 3.53. The molecule has 4 rings (SSSR count). The molecule has 0 N–H and O–H groups in total. The molecule has 0 spiro atoms.